The first-order valence-corrected chi connectivity index (χ1v) is 16.9. The summed E-state index contributed by atoms with van der Waals surface area (Å²) in [7, 11) is 0. The van der Waals surface area contributed by atoms with E-state index in [4.69, 9.17) is 14.2 Å². The van der Waals surface area contributed by atoms with Crippen molar-refractivity contribution in [1.82, 2.24) is 5.43 Å². The van der Waals surface area contributed by atoms with Crippen molar-refractivity contribution in [3.8, 4) is 23.0 Å². The third kappa shape index (κ3) is 7.90. The fraction of sp³-hybridized carbons (Fsp3) is 0.447. The Balaban J connectivity index is 1.05. The summed E-state index contributed by atoms with van der Waals surface area (Å²) in [6, 6.07) is 17.4. The van der Waals surface area contributed by atoms with E-state index in [0.29, 0.717) is 45.9 Å². The zero-order valence-electron chi connectivity index (χ0n) is 26.9. The molecule has 0 radical (unpaired) electrons. The number of aromatic hydroxyl groups is 1. The topological polar surface area (TPSA) is 106 Å². The predicted molar refractivity (Wildman–Crippen MR) is 179 cm³/mol. The van der Waals surface area contributed by atoms with Crippen LogP contribution in [0.4, 0.5) is 0 Å². The Bertz CT molecular complexity index is 1520. The van der Waals surface area contributed by atoms with Crippen molar-refractivity contribution in [1.29, 1.82) is 0 Å². The van der Waals surface area contributed by atoms with Gasteiger partial charge in [0.15, 0.2) is 5.60 Å². The minimum Gasteiger partial charge on any atom is -0.508 e. The monoisotopic (exact) mass is 626 g/mol. The van der Waals surface area contributed by atoms with E-state index in [2.05, 4.69) is 17.5 Å². The highest BCUT2D eigenvalue weighted by Gasteiger charge is 2.53. The summed E-state index contributed by atoms with van der Waals surface area (Å²) in [6.07, 6.45) is 18.5. The van der Waals surface area contributed by atoms with Gasteiger partial charge >= 0.3 is 5.97 Å². The van der Waals surface area contributed by atoms with Gasteiger partial charge in [0.1, 0.15) is 29.6 Å². The van der Waals surface area contributed by atoms with Crippen LogP contribution in [0.25, 0.3) is 0 Å². The number of ether oxygens (including phenoxy) is 3. The van der Waals surface area contributed by atoms with E-state index in [9.17, 15) is 14.7 Å². The molecule has 0 aliphatic carbocycles. The molecule has 46 heavy (non-hydrogen) atoms. The number of phenols is 1. The second-order valence-electron chi connectivity index (χ2n) is 12.2. The lowest BCUT2D eigenvalue weighted by molar-refractivity contribution is -0.121. The third-order valence-corrected chi connectivity index (χ3v) is 8.78. The summed E-state index contributed by atoms with van der Waals surface area (Å²) in [5.74, 6) is 0.870. The Labute approximate surface area is 272 Å². The summed E-state index contributed by atoms with van der Waals surface area (Å²) >= 11 is 0. The van der Waals surface area contributed by atoms with Crippen molar-refractivity contribution in [3.05, 3.63) is 82.9 Å². The molecule has 2 heterocycles. The summed E-state index contributed by atoms with van der Waals surface area (Å²) < 4.78 is 18.1. The van der Waals surface area contributed by atoms with Crippen molar-refractivity contribution < 1.29 is 28.9 Å². The summed E-state index contributed by atoms with van der Waals surface area (Å²) in [4.78, 5) is 25.1. The van der Waals surface area contributed by atoms with Crippen LogP contribution in [0.5, 0.6) is 23.0 Å². The molecule has 1 amide bonds. The van der Waals surface area contributed by atoms with Gasteiger partial charge in [-0.25, -0.2) is 10.2 Å². The minimum absolute atomic E-state index is 0.0368. The van der Waals surface area contributed by atoms with Crippen LogP contribution in [0.2, 0.25) is 0 Å². The molecule has 0 fully saturated rings. The molecule has 3 aromatic carbocycles. The maximum atomic E-state index is 12.9. The van der Waals surface area contributed by atoms with Crippen LogP contribution < -0.4 is 14.9 Å². The van der Waals surface area contributed by atoms with Gasteiger partial charge in [0.05, 0.1) is 11.8 Å². The first-order valence-electron chi connectivity index (χ1n) is 16.9. The molecule has 2 N–H and O–H groups in total. The van der Waals surface area contributed by atoms with Crippen molar-refractivity contribution in [2.45, 2.75) is 102 Å². The van der Waals surface area contributed by atoms with Crippen molar-refractivity contribution in [2.75, 3.05) is 6.61 Å². The second kappa shape index (κ2) is 16.3. The lowest BCUT2D eigenvalue weighted by atomic mass is 9.77. The maximum Gasteiger partial charge on any atom is 0.340 e. The number of hydrogen-bond acceptors (Lipinski definition) is 7. The van der Waals surface area contributed by atoms with E-state index in [1.165, 1.54) is 82.9 Å². The Hall–Kier alpha value is -4.33. The third-order valence-electron chi connectivity index (χ3n) is 8.78. The molecule has 0 saturated heterocycles. The first kappa shape index (κ1) is 33.0. The van der Waals surface area contributed by atoms with E-state index in [0.717, 1.165) is 12.8 Å². The highest BCUT2D eigenvalue weighted by Crippen LogP contribution is 2.56. The van der Waals surface area contributed by atoms with Crippen molar-refractivity contribution in [2.24, 2.45) is 5.10 Å². The number of nitrogens with zero attached hydrogens (tertiary/aromatic N) is 1. The van der Waals surface area contributed by atoms with E-state index < -0.39 is 11.6 Å². The van der Waals surface area contributed by atoms with Crippen LogP contribution in [-0.2, 0) is 15.1 Å². The number of hydrazone groups is 1. The van der Waals surface area contributed by atoms with Crippen LogP contribution in [0, 0.1) is 0 Å². The van der Waals surface area contributed by atoms with E-state index in [1.807, 2.05) is 18.2 Å². The molecule has 5 rings (SSSR count). The number of unbranched alkanes of at least 4 members (excludes halogenated alkanes) is 12. The molecule has 1 spiro atoms. The van der Waals surface area contributed by atoms with Crippen molar-refractivity contribution >= 4 is 18.1 Å². The molecule has 8 nitrogen and oxygen atoms in total. The van der Waals surface area contributed by atoms with E-state index >= 15 is 0 Å². The molecule has 0 aromatic heterocycles. The minimum atomic E-state index is -1.21. The number of phenolic OH excluding ortho intramolecular Hbond substituents is 1. The van der Waals surface area contributed by atoms with E-state index in [1.54, 1.807) is 36.4 Å². The van der Waals surface area contributed by atoms with E-state index in [-0.39, 0.29) is 18.3 Å². The number of benzene rings is 3. The average Bonchev–Trinajstić information content (AvgIpc) is 3.35. The number of esters is 1. The predicted octanol–water partition coefficient (Wildman–Crippen LogP) is 8.92. The van der Waals surface area contributed by atoms with Gasteiger partial charge in [-0.15, -0.1) is 0 Å². The van der Waals surface area contributed by atoms with Gasteiger partial charge in [-0.05, 0) is 36.8 Å². The number of nitrogens with one attached hydrogen (secondary N) is 1. The molecule has 0 bridgehead atoms. The Morgan fingerprint density at radius 3 is 2.17 bits per heavy atom. The molecule has 1 atom stereocenters. The summed E-state index contributed by atoms with van der Waals surface area (Å²) in [5, 5.41) is 14.2. The van der Waals surface area contributed by atoms with Crippen LogP contribution in [0.1, 0.15) is 124 Å². The lowest BCUT2D eigenvalue weighted by Crippen LogP contribution is -2.32. The molecular weight excluding hydrogens is 580 g/mol. The van der Waals surface area contributed by atoms with Crippen LogP contribution in [0.15, 0.2) is 65.8 Å². The smallest absolute Gasteiger partial charge is 0.340 e. The molecule has 244 valence electrons. The fourth-order valence-electron chi connectivity index (χ4n) is 6.38. The molecule has 8 heteroatoms. The van der Waals surface area contributed by atoms with Crippen LogP contribution in [0.3, 0.4) is 0 Å². The Kier molecular flexibility index (Phi) is 11.7. The lowest BCUT2D eigenvalue weighted by Gasteiger charge is -2.36. The normalized spacial score (nSPS) is 16.1. The van der Waals surface area contributed by atoms with Crippen molar-refractivity contribution in [3.63, 3.8) is 0 Å². The maximum absolute atomic E-state index is 12.9. The van der Waals surface area contributed by atoms with Gasteiger partial charge in [-0.3, -0.25) is 4.79 Å². The van der Waals surface area contributed by atoms with Gasteiger partial charge in [0, 0.05) is 35.2 Å². The molecule has 2 aliphatic heterocycles. The Morgan fingerprint density at radius 1 is 0.826 bits per heavy atom. The molecule has 2 aliphatic rings. The van der Waals surface area contributed by atoms with Gasteiger partial charge in [0.2, 0.25) is 5.91 Å². The van der Waals surface area contributed by atoms with Gasteiger partial charge < -0.3 is 19.3 Å². The van der Waals surface area contributed by atoms with Crippen LogP contribution >= 0.6 is 0 Å². The zero-order chi connectivity index (χ0) is 32.2. The standard InChI is InChI=1S/C38H46N2O6/c1-2-3-4-5-6-7-8-9-10-11-12-13-14-19-36(42)40-39-24-25-44-29-21-23-33-35(27-29)45-34-26-28(41)20-22-32(34)38(33)31-18-16-15-17-30(31)37(43)46-38/h15-18,20-24,26-27,41H,2-14,19,25H2,1H3,(H,40,42)/b39-24+. The quantitative estimate of drug-likeness (QED) is 0.0632. The fourth-order valence-corrected chi connectivity index (χ4v) is 6.38. The summed E-state index contributed by atoms with van der Waals surface area (Å²) in [6.45, 7) is 2.39. The highest BCUT2D eigenvalue weighted by atomic mass is 16.6. The molecular formula is C38H46N2O6. The molecule has 1 unspecified atom stereocenters. The number of carbonyl (C=O) groups is 2. The summed E-state index contributed by atoms with van der Waals surface area (Å²) in [5.41, 5.74) is 3.86. The Morgan fingerprint density at radius 2 is 1.46 bits per heavy atom. The number of rotatable bonds is 18. The highest BCUT2D eigenvalue weighted by molar-refractivity contribution is 5.97. The van der Waals surface area contributed by atoms with Crippen LogP contribution in [-0.4, -0.2) is 29.8 Å². The molecule has 0 saturated carbocycles. The number of hydrogen-bond donors (Lipinski definition) is 2. The number of carbonyl (C=O) groups excluding carboxylic acids is 2. The second-order valence-corrected chi connectivity index (χ2v) is 12.2. The zero-order valence-corrected chi connectivity index (χ0v) is 26.9. The largest absolute Gasteiger partial charge is 0.508 e. The average molecular weight is 627 g/mol. The van der Waals surface area contributed by atoms with Gasteiger partial charge in [-0.1, -0.05) is 102 Å². The number of amides is 1. The van der Waals surface area contributed by atoms with Gasteiger partial charge in [-0.2, -0.15) is 5.10 Å². The van der Waals surface area contributed by atoms with Gasteiger partial charge in [0.25, 0.3) is 0 Å². The number of fused-ring (bicyclic) bond motifs is 6. The first-order chi connectivity index (χ1) is 22.5. The molecule has 3 aromatic rings. The SMILES string of the molecule is CCCCCCCCCCCCCCCC(=O)N/N=C/COc1ccc2c(c1)Oc1cc(O)ccc1C21OC(=O)c2ccccc21.